The molecule has 0 saturated carbocycles. The van der Waals surface area contributed by atoms with Crippen molar-refractivity contribution in [2.75, 3.05) is 6.79 Å². The average Bonchev–Trinajstić information content (AvgIpc) is 3.39. The van der Waals surface area contributed by atoms with Gasteiger partial charge >= 0.3 is 0 Å². The third kappa shape index (κ3) is 3.20. The Morgan fingerprint density at radius 1 is 1.24 bits per heavy atom. The number of nitrogens with zero attached hydrogens (tertiary/aromatic N) is 4. The molecule has 1 N–H and O–H groups in total. The van der Waals surface area contributed by atoms with Gasteiger partial charge in [0.15, 0.2) is 11.5 Å². The van der Waals surface area contributed by atoms with Crippen LogP contribution in [0.3, 0.4) is 0 Å². The zero-order valence-electron chi connectivity index (χ0n) is 14.0. The van der Waals surface area contributed by atoms with Crippen LogP contribution in [0.5, 0.6) is 11.5 Å². The molecule has 0 unspecified atom stereocenters. The van der Waals surface area contributed by atoms with Gasteiger partial charge in [0.25, 0.3) is 0 Å². The van der Waals surface area contributed by atoms with Crippen molar-refractivity contribution in [3.05, 3.63) is 42.5 Å². The summed E-state index contributed by atoms with van der Waals surface area (Å²) in [5.74, 6) is 2.49. The normalized spacial score (nSPS) is 15.3. The minimum absolute atomic E-state index is 0.195. The SMILES string of the molecule is C[C@@H](NCc1nc(-c2ccc3c(c2)OCO3)no1)[C@H](C)n1cccn1. The number of nitrogens with one attached hydrogen (secondary N) is 1. The first-order valence-corrected chi connectivity index (χ1v) is 8.16. The van der Waals surface area contributed by atoms with Crippen LogP contribution in [0.4, 0.5) is 0 Å². The highest BCUT2D eigenvalue weighted by molar-refractivity contribution is 5.61. The molecule has 0 fully saturated rings. The van der Waals surface area contributed by atoms with Gasteiger partial charge in [-0.05, 0) is 38.1 Å². The van der Waals surface area contributed by atoms with Crippen LogP contribution in [-0.4, -0.2) is 32.8 Å². The minimum atomic E-state index is 0.195. The molecule has 0 amide bonds. The maximum atomic E-state index is 5.38. The van der Waals surface area contributed by atoms with Crippen molar-refractivity contribution >= 4 is 0 Å². The van der Waals surface area contributed by atoms with Crippen molar-refractivity contribution in [3.8, 4) is 22.9 Å². The van der Waals surface area contributed by atoms with E-state index in [9.17, 15) is 0 Å². The van der Waals surface area contributed by atoms with Crippen LogP contribution in [0, 0.1) is 0 Å². The Hall–Kier alpha value is -2.87. The molecule has 1 aromatic carbocycles. The van der Waals surface area contributed by atoms with Crippen LogP contribution in [0.25, 0.3) is 11.4 Å². The number of hydrogen-bond acceptors (Lipinski definition) is 7. The summed E-state index contributed by atoms with van der Waals surface area (Å²) >= 11 is 0. The molecule has 130 valence electrons. The zero-order valence-corrected chi connectivity index (χ0v) is 14.0. The quantitative estimate of drug-likeness (QED) is 0.736. The van der Waals surface area contributed by atoms with Crippen LogP contribution in [-0.2, 0) is 6.54 Å². The predicted molar refractivity (Wildman–Crippen MR) is 89.1 cm³/mol. The Morgan fingerprint density at radius 2 is 2.12 bits per heavy atom. The van der Waals surface area contributed by atoms with Gasteiger partial charge in [-0.25, -0.2) is 0 Å². The summed E-state index contributed by atoms with van der Waals surface area (Å²) in [7, 11) is 0. The van der Waals surface area contributed by atoms with Crippen molar-refractivity contribution in [1.82, 2.24) is 25.2 Å². The lowest BCUT2D eigenvalue weighted by atomic mass is 10.2. The molecule has 0 bridgehead atoms. The van der Waals surface area contributed by atoms with Gasteiger partial charge in [-0.15, -0.1) is 0 Å². The summed E-state index contributed by atoms with van der Waals surface area (Å²) in [5, 5.41) is 11.7. The Balaban J connectivity index is 1.40. The van der Waals surface area contributed by atoms with Gasteiger partial charge in [0.05, 0.1) is 12.6 Å². The zero-order chi connectivity index (χ0) is 17.2. The lowest BCUT2D eigenvalue weighted by molar-refractivity contribution is 0.174. The molecule has 2 atom stereocenters. The summed E-state index contributed by atoms with van der Waals surface area (Å²) < 4.78 is 17.9. The van der Waals surface area contributed by atoms with Gasteiger partial charge in [-0.1, -0.05) is 5.16 Å². The first kappa shape index (κ1) is 15.6. The van der Waals surface area contributed by atoms with Crippen molar-refractivity contribution in [3.63, 3.8) is 0 Å². The molecule has 1 aliphatic rings. The van der Waals surface area contributed by atoms with Crippen molar-refractivity contribution in [1.29, 1.82) is 0 Å². The number of ether oxygens (including phenoxy) is 2. The standard InChI is InChI=1S/C17H19N5O3/c1-11(12(2)22-7-3-6-19-22)18-9-16-20-17(21-25-16)13-4-5-14-15(8-13)24-10-23-14/h3-8,11-12,18H,9-10H2,1-2H3/t11-,12+/m1/s1. The summed E-state index contributed by atoms with van der Waals surface area (Å²) in [6.07, 6.45) is 3.73. The van der Waals surface area contributed by atoms with Crippen LogP contribution in [0.1, 0.15) is 25.8 Å². The summed E-state index contributed by atoms with van der Waals surface area (Å²) in [6.45, 7) is 4.94. The lowest BCUT2D eigenvalue weighted by Gasteiger charge is -2.20. The van der Waals surface area contributed by atoms with E-state index in [1.54, 1.807) is 6.20 Å². The molecular weight excluding hydrogens is 322 g/mol. The van der Waals surface area contributed by atoms with Gasteiger partial charge in [-0.3, -0.25) is 4.68 Å². The van der Waals surface area contributed by atoms with E-state index in [4.69, 9.17) is 14.0 Å². The molecule has 3 aromatic rings. The van der Waals surface area contributed by atoms with Crippen LogP contribution < -0.4 is 14.8 Å². The van der Waals surface area contributed by atoms with E-state index in [0.29, 0.717) is 24.0 Å². The maximum Gasteiger partial charge on any atom is 0.240 e. The molecule has 3 heterocycles. The summed E-state index contributed by atoms with van der Waals surface area (Å²) in [4.78, 5) is 4.44. The van der Waals surface area contributed by atoms with Gasteiger partial charge < -0.3 is 19.3 Å². The molecule has 2 aromatic heterocycles. The Kier molecular flexibility index (Phi) is 4.10. The van der Waals surface area contributed by atoms with E-state index in [1.807, 2.05) is 35.1 Å². The molecule has 8 heteroatoms. The first-order valence-electron chi connectivity index (χ1n) is 8.16. The Morgan fingerprint density at radius 3 is 2.96 bits per heavy atom. The largest absolute Gasteiger partial charge is 0.454 e. The Bertz CT molecular complexity index is 846. The molecule has 8 nitrogen and oxygen atoms in total. The van der Waals surface area contributed by atoms with E-state index in [1.165, 1.54) is 0 Å². The molecule has 0 saturated heterocycles. The fraction of sp³-hybridized carbons (Fsp3) is 0.353. The predicted octanol–water partition coefficient (Wildman–Crippen LogP) is 2.40. The van der Waals surface area contributed by atoms with E-state index < -0.39 is 0 Å². The molecule has 1 aliphatic heterocycles. The van der Waals surface area contributed by atoms with Gasteiger partial charge in [0.1, 0.15) is 0 Å². The second-order valence-electron chi connectivity index (χ2n) is 5.98. The van der Waals surface area contributed by atoms with Gasteiger partial charge in [0, 0.05) is 24.0 Å². The third-order valence-electron chi connectivity index (χ3n) is 4.34. The Labute approximate surface area is 144 Å². The molecular formula is C17H19N5O3. The van der Waals surface area contributed by atoms with E-state index in [-0.39, 0.29) is 18.9 Å². The minimum Gasteiger partial charge on any atom is -0.454 e. The number of rotatable bonds is 6. The molecule has 0 radical (unpaired) electrons. The van der Waals surface area contributed by atoms with E-state index in [0.717, 1.165) is 11.3 Å². The molecule has 25 heavy (non-hydrogen) atoms. The van der Waals surface area contributed by atoms with Crippen molar-refractivity contribution in [2.24, 2.45) is 0 Å². The lowest BCUT2D eigenvalue weighted by Crippen LogP contribution is -2.33. The summed E-state index contributed by atoms with van der Waals surface area (Å²) in [6, 6.07) is 7.91. The number of aromatic nitrogens is 4. The van der Waals surface area contributed by atoms with Crippen LogP contribution >= 0.6 is 0 Å². The molecule has 4 rings (SSSR count). The molecule has 0 spiro atoms. The van der Waals surface area contributed by atoms with E-state index in [2.05, 4.69) is 34.4 Å². The van der Waals surface area contributed by atoms with Crippen LogP contribution in [0.15, 0.2) is 41.2 Å². The highest BCUT2D eigenvalue weighted by Gasteiger charge is 2.18. The third-order valence-corrected chi connectivity index (χ3v) is 4.34. The second kappa shape index (κ2) is 6.56. The van der Waals surface area contributed by atoms with Crippen LogP contribution in [0.2, 0.25) is 0 Å². The fourth-order valence-corrected chi connectivity index (χ4v) is 2.65. The van der Waals surface area contributed by atoms with Crippen molar-refractivity contribution < 1.29 is 14.0 Å². The highest BCUT2D eigenvalue weighted by atomic mass is 16.7. The first-order chi connectivity index (χ1) is 12.2. The smallest absolute Gasteiger partial charge is 0.240 e. The topological polar surface area (TPSA) is 87.2 Å². The number of benzene rings is 1. The monoisotopic (exact) mass is 341 g/mol. The maximum absolute atomic E-state index is 5.38. The van der Waals surface area contributed by atoms with Gasteiger partial charge in [-0.2, -0.15) is 10.1 Å². The number of hydrogen-bond donors (Lipinski definition) is 1. The van der Waals surface area contributed by atoms with Crippen molar-refractivity contribution in [2.45, 2.75) is 32.5 Å². The fourth-order valence-electron chi connectivity index (χ4n) is 2.65. The molecule has 0 aliphatic carbocycles. The average molecular weight is 341 g/mol. The summed E-state index contributed by atoms with van der Waals surface area (Å²) in [5.41, 5.74) is 0.831. The second-order valence-corrected chi connectivity index (χ2v) is 5.98. The van der Waals surface area contributed by atoms with Gasteiger partial charge in [0.2, 0.25) is 18.5 Å². The highest BCUT2D eigenvalue weighted by Crippen LogP contribution is 2.35. The van der Waals surface area contributed by atoms with E-state index >= 15 is 0 Å². The number of fused-ring (bicyclic) bond motifs is 1.